The van der Waals surface area contributed by atoms with Crippen LogP contribution in [0, 0.1) is 11.6 Å². The maximum Gasteiger partial charge on any atom is 0.410 e. The van der Waals surface area contributed by atoms with Gasteiger partial charge in [0.25, 0.3) is 0 Å². The van der Waals surface area contributed by atoms with Crippen LogP contribution in [0.15, 0.2) is 12.1 Å². The van der Waals surface area contributed by atoms with E-state index in [9.17, 15) is 22.0 Å². The van der Waals surface area contributed by atoms with Gasteiger partial charge >= 0.3 is 16.2 Å². The van der Waals surface area contributed by atoms with Gasteiger partial charge < -0.3 is 8.92 Å². The number of carbonyl (C=O) groups excluding carboxylic acids is 1. The Morgan fingerprint density at radius 2 is 1.83 bits per heavy atom. The molecular formula is C18H18ClF2N3O5S. The number of hydrogen-bond donors (Lipinski definition) is 0. The molecule has 0 aliphatic carbocycles. The maximum absolute atomic E-state index is 14.4. The first-order chi connectivity index (χ1) is 13.7. The molecule has 0 atom stereocenters. The van der Waals surface area contributed by atoms with Gasteiger partial charge in [0.15, 0.2) is 5.82 Å². The second-order valence-electron chi connectivity index (χ2n) is 7.65. The summed E-state index contributed by atoms with van der Waals surface area (Å²) in [5.41, 5.74) is -0.642. The Labute approximate surface area is 176 Å². The van der Waals surface area contributed by atoms with Crippen molar-refractivity contribution in [1.29, 1.82) is 0 Å². The summed E-state index contributed by atoms with van der Waals surface area (Å²) in [5.74, 6) is -2.50. The second-order valence-corrected chi connectivity index (χ2v) is 9.63. The van der Waals surface area contributed by atoms with Gasteiger partial charge in [0.2, 0.25) is 5.88 Å². The third-order valence-corrected chi connectivity index (χ3v) is 4.63. The van der Waals surface area contributed by atoms with Gasteiger partial charge in [0.05, 0.1) is 41.2 Å². The molecule has 2 heterocycles. The van der Waals surface area contributed by atoms with E-state index in [1.54, 1.807) is 20.8 Å². The van der Waals surface area contributed by atoms with Crippen molar-refractivity contribution in [2.75, 3.05) is 6.26 Å². The predicted molar refractivity (Wildman–Crippen MR) is 103 cm³/mol. The fourth-order valence-electron chi connectivity index (χ4n) is 2.71. The van der Waals surface area contributed by atoms with Crippen molar-refractivity contribution in [1.82, 2.24) is 14.9 Å². The quantitative estimate of drug-likeness (QED) is 0.508. The second kappa shape index (κ2) is 7.62. The zero-order chi connectivity index (χ0) is 22.4. The van der Waals surface area contributed by atoms with Crippen LogP contribution in [0.5, 0.6) is 5.88 Å². The average Bonchev–Trinajstić information content (AvgIpc) is 3.00. The number of rotatable bonds is 3. The molecular weight excluding hydrogens is 444 g/mol. The topological polar surface area (TPSA) is 98.7 Å². The van der Waals surface area contributed by atoms with Gasteiger partial charge in [0, 0.05) is 0 Å². The number of hydrogen-bond acceptors (Lipinski definition) is 7. The molecule has 2 aromatic rings. The molecule has 12 heteroatoms. The highest BCUT2D eigenvalue weighted by molar-refractivity contribution is 7.86. The van der Waals surface area contributed by atoms with Crippen LogP contribution in [0.1, 0.15) is 32.0 Å². The lowest BCUT2D eigenvalue weighted by molar-refractivity contribution is 0.0240. The van der Waals surface area contributed by atoms with Crippen LogP contribution in [0.25, 0.3) is 11.4 Å². The molecule has 0 fully saturated rings. The number of amides is 1. The first-order valence-electron chi connectivity index (χ1n) is 8.65. The number of halogens is 3. The fraction of sp³-hybridized carbons (Fsp3) is 0.389. The molecule has 1 amide bonds. The van der Waals surface area contributed by atoms with E-state index >= 15 is 0 Å². The number of aromatic nitrogens is 2. The van der Waals surface area contributed by atoms with E-state index in [1.165, 1.54) is 4.90 Å². The smallest absolute Gasteiger partial charge is 0.410 e. The number of benzene rings is 1. The zero-order valence-electron chi connectivity index (χ0n) is 16.5. The van der Waals surface area contributed by atoms with Gasteiger partial charge in [-0.05, 0) is 32.9 Å². The summed E-state index contributed by atoms with van der Waals surface area (Å²) >= 11 is 5.57. The minimum atomic E-state index is -4.00. The van der Waals surface area contributed by atoms with Crippen LogP contribution in [0.3, 0.4) is 0 Å². The summed E-state index contributed by atoms with van der Waals surface area (Å²) in [4.78, 5) is 21.8. The van der Waals surface area contributed by atoms with Crippen LogP contribution in [0.2, 0.25) is 5.02 Å². The molecule has 0 saturated carbocycles. The molecule has 30 heavy (non-hydrogen) atoms. The lowest BCUT2D eigenvalue weighted by Crippen LogP contribution is -2.33. The summed E-state index contributed by atoms with van der Waals surface area (Å²) in [7, 11) is -4.00. The Balaban J connectivity index is 2.07. The molecule has 0 unspecified atom stereocenters. The van der Waals surface area contributed by atoms with Crippen molar-refractivity contribution in [3.05, 3.63) is 40.0 Å². The Kier molecular flexibility index (Phi) is 5.63. The van der Waals surface area contributed by atoms with Crippen LogP contribution >= 0.6 is 11.6 Å². The van der Waals surface area contributed by atoms with Gasteiger partial charge in [0.1, 0.15) is 17.2 Å². The van der Waals surface area contributed by atoms with Crippen LogP contribution in [-0.4, -0.2) is 41.2 Å². The molecule has 1 aliphatic heterocycles. The third kappa shape index (κ3) is 4.96. The first-order valence-corrected chi connectivity index (χ1v) is 10.8. The molecule has 0 radical (unpaired) electrons. The molecule has 0 N–H and O–H groups in total. The van der Waals surface area contributed by atoms with E-state index < -0.39 is 38.5 Å². The highest BCUT2D eigenvalue weighted by Gasteiger charge is 2.33. The fourth-order valence-corrected chi connectivity index (χ4v) is 3.28. The summed E-state index contributed by atoms with van der Waals surface area (Å²) in [5, 5.41) is -0.430. The lowest BCUT2D eigenvalue weighted by Gasteiger charge is -2.23. The molecule has 3 rings (SSSR count). The van der Waals surface area contributed by atoms with E-state index in [1.807, 2.05) is 0 Å². The predicted octanol–water partition coefficient (Wildman–Crippen LogP) is 3.66. The standard InChI is InChI=1S/C18H18ClF2N3O5S/c1-18(2,3)28-17(25)24-7-10-14(8-24)22-15(23-16(10)29-30(4,26)27)9-5-13(21)11(19)6-12(9)20/h5-6H,7-8H2,1-4H3. The van der Waals surface area contributed by atoms with Gasteiger partial charge in [-0.25, -0.2) is 18.6 Å². The van der Waals surface area contributed by atoms with Crippen molar-refractivity contribution in [3.63, 3.8) is 0 Å². The van der Waals surface area contributed by atoms with E-state index in [2.05, 4.69) is 9.97 Å². The minimum Gasteiger partial charge on any atom is -0.444 e. The Morgan fingerprint density at radius 3 is 2.43 bits per heavy atom. The largest absolute Gasteiger partial charge is 0.444 e. The zero-order valence-corrected chi connectivity index (χ0v) is 18.1. The van der Waals surface area contributed by atoms with E-state index in [-0.39, 0.29) is 41.6 Å². The Morgan fingerprint density at radius 1 is 1.17 bits per heavy atom. The van der Waals surface area contributed by atoms with Gasteiger partial charge in [-0.15, -0.1) is 0 Å². The lowest BCUT2D eigenvalue weighted by atomic mass is 10.1. The van der Waals surface area contributed by atoms with Crippen LogP contribution in [0.4, 0.5) is 13.6 Å². The Bertz CT molecular complexity index is 1140. The van der Waals surface area contributed by atoms with E-state index in [4.69, 9.17) is 20.5 Å². The van der Waals surface area contributed by atoms with Crippen molar-refractivity contribution in [2.45, 2.75) is 39.5 Å². The summed E-state index contributed by atoms with van der Waals surface area (Å²) < 4.78 is 61.8. The molecule has 0 saturated heterocycles. The maximum atomic E-state index is 14.4. The first kappa shape index (κ1) is 22.2. The third-order valence-electron chi connectivity index (χ3n) is 3.88. The molecule has 1 aromatic carbocycles. The van der Waals surface area contributed by atoms with Crippen molar-refractivity contribution in [2.24, 2.45) is 0 Å². The molecule has 162 valence electrons. The monoisotopic (exact) mass is 461 g/mol. The minimum absolute atomic E-state index is 0.0580. The van der Waals surface area contributed by atoms with Crippen molar-refractivity contribution in [3.8, 4) is 17.3 Å². The van der Waals surface area contributed by atoms with E-state index in [0.29, 0.717) is 0 Å². The van der Waals surface area contributed by atoms with Crippen molar-refractivity contribution >= 4 is 27.8 Å². The molecule has 1 aromatic heterocycles. The molecule has 1 aliphatic rings. The number of carbonyl (C=O) groups is 1. The average molecular weight is 462 g/mol. The van der Waals surface area contributed by atoms with E-state index in [0.717, 1.165) is 18.4 Å². The summed E-state index contributed by atoms with van der Waals surface area (Å²) in [6.45, 7) is 4.96. The highest BCUT2D eigenvalue weighted by atomic mass is 35.5. The number of ether oxygens (including phenoxy) is 1. The molecule has 0 bridgehead atoms. The summed E-state index contributed by atoms with van der Waals surface area (Å²) in [6.07, 6.45) is 0.153. The SMILES string of the molecule is CC(C)(C)OC(=O)N1Cc2nc(-c3cc(F)c(Cl)cc3F)nc(OS(C)(=O)=O)c2C1. The number of nitrogens with zero attached hydrogens (tertiary/aromatic N) is 3. The van der Waals surface area contributed by atoms with Crippen molar-refractivity contribution < 1.29 is 30.9 Å². The van der Waals surface area contributed by atoms with Gasteiger partial charge in [-0.2, -0.15) is 13.4 Å². The van der Waals surface area contributed by atoms with Crippen LogP contribution in [-0.2, 0) is 27.9 Å². The van der Waals surface area contributed by atoms with Gasteiger partial charge in [-0.3, -0.25) is 4.90 Å². The molecule has 0 spiro atoms. The highest BCUT2D eigenvalue weighted by Crippen LogP contribution is 2.34. The number of fused-ring (bicyclic) bond motifs is 1. The summed E-state index contributed by atoms with van der Waals surface area (Å²) in [6, 6.07) is 1.55. The Hall–Kier alpha value is -2.53. The van der Waals surface area contributed by atoms with Crippen LogP contribution < -0.4 is 4.18 Å². The molecule has 8 nitrogen and oxygen atoms in total. The van der Waals surface area contributed by atoms with Gasteiger partial charge in [-0.1, -0.05) is 11.6 Å². The normalized spacial score (nSPS) is 13.9.